The number of carbonyl (C=O) groups excluding carboxylic acids is 1. The second kappa shape index (κ2) is 5.17. The van der Waals surface area contributed by atoms with E-state index in [1.54, 1.807) is 16.8 Å². The molecule has 14 heavy (non-hydrogen) atoms. The van der Waals surface area contributed by atoms with Crippen molar-refractivity contribution in [1.29, 1.82) is 0 Å². The summed E-state index contributed by atoms with van der Waals surface area (Å²) in [7, 11) is 1.74. The zero-order valence-corrected chi connectivity index (χ0v) is 8.65. The van der Waals surface area contributed by atoms with Crippen molar-refractivity contribution in [2.24, 2.45) is 5.73 Å². The predicted octanol–water partition coefficient (Wildman–Crippen LogP) is -0.546. The number of hydrogen-bond acceptors (Lipinski definition) is 3. The smallest absolute Gasteiger partial charge is 0.320 e. The van der Waals surface area contributed by atoms with Crippen molar-refractivity contribution >= 4 is 6.03 Å². The molecule has 0 bridgehead atoms. The van der Waals surface area contributed by atoms with Crippen molar-refractivity contribution in [2.75, 3.05) is 33.3 Å². The summed E-state index contributed by atoms with van der Waals surface area (Å²) in [6, 6.07) is -0.0188. The van der Waals surface area contributed by atoms with Gasteiger partial charge in [-0.2, -0.15) is 0 Å². The number of aliphatic hydroxyl groups is 1. The van der Waals surface area contributed by atoms with Crippen LogP contribution in [-0.2, 0) is 0 Å². The van der Waals surface area contributed by atoms with Crippen LogP contribution in [0.2, 0.25) is 0 Å². The molecule has 1 atom stereocenters. The molecule has 0 aliphatic carbocycles. The van der Waals surface area contributed by atoms with E-state index in [0.717, 1.165) is 19.4 Å². The van der Waals surface area contributed by atoms with Crippen LogP contribution < -0.4 is 5.73 Å². The van der Waals surface area contributed by atoms with Gasteiger partial charge < -0.3 is 20.6 Å². The number of hydrogen-bond donors (Lipinski definition) is 2. The lowest BCUT2D eigenvalue weighted by Crippen LogP contribution is -2.46. The van der Waals surface area contributed by atoms with Crippen LogP contribution in [0.4, 0.5) is 4.79 Å². The maximum atomic E-state index is 11.8. The summed E-state index contributed by atoms with van der Waals surface area (Å²) in [4.78, 5) is 15.1. The van der Waals surface area contributed by atoms with Gasteiger partial charge >= 0.3 is 6.03 Å². The minimum atomic E-state index is -0.0213. The number of likely N-dealkylation sites (tertiary alicyclic amines) is 1. The van der Waals surface area contributed by atoms with Gasteiger partial charge in [0.05, 0.1) is 12.6 Å². The van der Waals surface area contributed by atoms with Crippen LogP contribution in [0.1, 0.15) is 12.8 Å². The maximum absolute atomic E-state index is 11.8. The normalized spacial score (nSPS) is 21.4. The molecule has 5 nitrogen and oxygen atoms in total. The van der Waals surface area contributed by atoms with Gasteiger partial charge in [-0.25, -0.2) is 4.79 Å². The molecule has 2 amide bonds. The molecule has 0 aromatic rings. The highest BCUT2D eigenvalue weighted by Gasteiger charge is 2.29. The number of aliphatic hydroxyl groups excluding tert-OH is 1. The van der Waals surface area contributed by atoms with Crippen LogP contribution in [0.25, 0.3) is 0 Å². The summed E-state index contributed by atoms with van der Waals surface area (Å²) >= 11 is 0. The van der Waals surface area contributed by atoms with Gasteiger partial charge in [0.25, 0.3) is 0 Å². The largest absolute Gasteiger partial charge is 0.394 e. The Morgan fingerprint density at radius 1 is 1.71 bits per heavy atom. The van der Waals surface area contributed by atoms with Gasteiger partial charge in [-0.05, 0) is 12.8 Å². The van der Waals surface area contributed by atoms with Crippen molar-refractivity contribution in [3.05, 3.63) is 0 Å². The van der Waals surface area contributed by atoms with Crippen molar-refractivity contribution in [3.8, 4) is 0 Å². The molecule has 0 aromatic heterocycles. The van der Waals surface area contributed by atoms with E-state index in [1.807, 2.05) is 0 Å². The van der Waals surface area contributed by atoms with Crippen molar-refractivity contribution in [2.45, 2.75) is 18.9 Å². The Balaban J connectivity index is 2.50. The van der Waals surface area contributed by atoms with E-state index in [4.69, 9.17) is 10.8 Å². The first-order valence-corrected chi connectivity index (χ1v) is 5.03. The highest BCUT2D eigenvalue weighted by Crippen LogP contribution is 2.17. The van der Waals surface area contributed by atoms with Crippen LogP contribution in [-0.4, -0.2) is 60.3 Å². The van der Waals surface area contributed by atoms with E-state index in [2.05, 4.69) is 0 Å². The zero-order chi connectivity index (χ0) is 10.6. The van der Waals surface area contributed by atoms with E-state index in [1.165, 1.54) is 0 Å². The zero-order valence-electron chi connectivity index (χ0n) is 8.65. The highest BCUT2D eigenvalue weighted by atomic mass is 16.3. The van der Waals surface area contributed by atoms with Crippen LogP contribution in [0.3, 0.4) is 0 Å². The Labute approximate surface area is 84.5 Å². The Kier molecular flexibility index (Phi) is 4.16. The van der Waals surface area contributed by atoms with Crippen molar-refractivity contribution < 1.29 is 9.90 Å². The standard InChI is InChI=1S/C9H19N3O2/c1-11(6-4-10)9(14)12-5-2-3-8(12)7-13/h8,13H,2-7,10H2,1H3. The molecule has 1 unspecified atom stereocenters. The molecule has 1 saturated heterocycles. The third-order valence-corrected chi connectivity index (χ3v) is 2.62. The molecule has 0 spiro atoms. The summed E-state index contributed by atoms with van der Waals surface area (Å²) in [5, 5.41) is 9.06. The van der Waals surface area contributed by atoms with Gasteiger partial charge in [-0.3, -0.25) is 0 Å². The molecular weight excluding hydrogens is 182 g/mol. The number of amides is 2. The Bertz CT molecular complexity index is 198. The second-order valence-corrected chi connectivity index (χ2v) is 3.66. The minimum absolute atomic E-state index is 0.00252. The monoisotopic (exact) mass is 201 g/mol. The second-order valence-electron chi connectivity index (χ2n) is 3.66. The lowest BCUT2D eigenvalue weighted by atomic mass is 10.2. The topological polar surface area (TPSA) is 69.8 Å². The Hall–Kier alpha value is -0.810. The first-order chi connectivity index (χ1) is 6.70. The quantitative estimate of drug-likeness (QED) is 0.644. The minimum Gasteiger partial charge on any atom is -0.394 e. The maximum Gasteiger partial charge on any atom is 0.320 e. The molecule has 1 heterocycles. The molecule has 5 heteroatoms. The van der Waals surface area contributed by atoms with Gasteiger partial charge in [0.2, 0.25) is 0 Å². The van der Waals surface area contributed by atoms with Crippen molar-refractivity contribution in [1.82, 2.24) is 9.80 Å². The van der Waals surface area contributed by atoms with E-state index >= 15 is 0 Å². The summed E-state index contributed by atoms with van der Waals surface area (Å²) in [6.07, 6.45) is 1.88. The lowest BCUT2D eigenvalue weighted by Gasteiger charge is -2.28. The summed E-state index contributed by atoms with van der Waals surface area (Å²) < 4.78 is 0. The molecular formula is C9H19N3O2. The van der Waals surface area contributed by atoms with E-state index in [0.29, 0.717) is 13.1 Å². The summed E-state index contributed by atoms with van der Waals surface area (Å²) in [5.74, 6) is 0. The summed E-state index contributed by atoms with van der Waals surface area (Å²) in [5.41, 5.74) is 5.37. The predicted molar refractivity (Wildman–Crippen MR) is 53.9 cm³/mol. The molecule has 0 aromatic carbocycles. The fourth-order valence-electron chi connectivity index (χ4n) is 1.79. The van der Waals surface area contributed by atoms with Crippen LogP contribution in [0.5, 0.6) is 0 Å². The highest BCUT2D eigenvalue weighted by molar-refractivity contribution is 5.74. The van der Waals surface area contributed by atoms with Gasteiger partial charge in [0, 0.05) is 26.7 Å². The van der Waals surface area contributed by atoms with Gasteiger partial charge in [-0.15, -0.1) is 0 Å². The molecule has 82 valence electrons. The summed E-state index contributed by atoms with van der Waals surface area (Å²) in [6.45, 7) is 1.84. The number of nitrogens with zero attached hydrogens (tertiary/aromatic N) is 2. The van der Waals surface area contributed by atoms with Crippen LogP contribution >= 0.6 is 0 Å². The molecule has 1 aliphatic heterocycles. The third-order valence-electron chi connectivity index (χ3n) is 2.62. The molecule has 3 N–H and O–H groups in total. The van der Waals surface area contributed by atoms with Crippen LogP contribution in [0, 0.1) is 0 Å². The number of nitrogens with two attached hydrogens (primary N) is 1. The molecule has 1 aliphatic rings. The van der Waals surface area contributed by atoms with E-state index < -0.39 is 0 Å². The molecule has 1 fully saturated rings. The third kappa shape index (κ3) is 2.36. The van der Waals surface area contributed by atoms with Gasteiger partial charge in [-0.1, -0.05) is 0 Å². The van der Waals surface area contributed by atoms with Gasteiger partial charge in [0.1, 0.15) is 0 Å². The van der Waals surface area contributed by atoms with E-state index in [-0.39, 0.29) is 18.7 Å². The molecule has 0 saturated carbocycles. The Morgan fingerprint density at radius 3 is 3.00 bits per heavy atom. The first kappa shape index (κ1) is 11.3. The number of rotatable bonds is 3. The molecule has 0 radical (unpaired) electrons. The number of urea groups is 1. The van der Waals surface area contributed by atoms with Gasteiger partial charge in [0.15, 0.2) is 0 Å². The number of likely N-dealkylation sites (N-methyl/N-ethyl adjacent to an activating group) is 1. The average Bonchev–Trinajstić information content (AvgIpc) is 2.64. The number of carbonyl (C=O) groups is 1. The SMILES string of the molecule is CN(CCN)C(=O)N1CCCC1CO. The Morgan fingerprint density at radius 2 is 2.43 bits per heavy atom. The lowest BCUT2D eigenvalue weighted by molar-refractivity contribution is 0.133. The average molecular weight is 201 g/mol. The van der Waals surface area contributed by atoms with Crippen LogP contribution in [0.15, 0.2) is 0 Å². The first-order valence-electron chi connectivity index (χ1n) is 5.03. The molecule has 1 rings (SSSR count). The fourth-order valence-corrected chi connectivity index (χ4v) is 1.79. The van der Waals surface area contributed by atoms with Crippen molar-refractivity contribution in [3.63, 3.8) is 0 Å². The fraction of sp³-hybridized carbons (Fsp3) is 0.889. The van der Waals surface area contributed by atoms with E-state index in [9.17, 15) is 4.79 Å².